The number of Topliss-reactive ketones (excluding diaryl/α,β-unsaturated/α-hetero) is 1. The van der Waals surface area contributed by atoms with E-state index in [9.17, 15) is 14.4 Å². The molecule has 0 fully saturated rings. The highest BCUT2D eigenvalue weighted by molar-refractivity contribution is 5.84. The van der Waals surface area contributed by atoms with E-state index >= 15 is 0 Å². The van der Waals surface area contributed by atoms with Crippen LogP contribution in [0, 0.1) is 5.41 Å². The third kappa shape index (κ3) is 17.6. The zero-order valence-electron chi connectivity index (χ0n) is 16.9. The molecule has 27 heavy (non-hydrogen) atoms. The minimum atomic E-state index is -0.397. The van der Waals surface area contributed by atoms with Crippen molar-refractivity contribution in [2.45, 2.75) is 27.7 Å². The highest BCUT2D eigenvalue weighted by atomic mass is 16.5. The van der Waals surface area contributed by atoms with Gasteiger partial charge >= 0.3 is 0 Å². The summed E-state index contributed by atoms with van der Waals surface area (Å²) in [7, 11) is 0. The summed E-state index contributed by atoms with van der Waals surface area (Å²) in [6.07, 6.45) is 0. The van der Waals surface area contributed by atoms with E-state index in [4.69, 9.17) is 18.9 Å². The first-order valence-corrected chi connectivity index (χ1v) is 9.09. The molecule has 0 aliphatic rings. The number of hydrogen-bond donors (Lipinski definition) is 2. The van der Waals surface area contributed by atoms with Crippen LogP contribution in [0.3, 0.4) is 0 Å². The van der Waals surface area contributed by atoms with Gasteiger partial charge in [0.15, 0.2) is 5.78 Å². The number of hydrogen-bond acceptors (Lipinski definition) is 7. The molecule has 0 aliphatic heterocycles. The molecule has 0 aromatic heterocycles. The first-order valence-electron chi connectivity index (χ1n) is 9.09. The molecule has 0 rings (SSSR count). The zero-order chi connectivity index (χ0) is 20.5. The van der Waals surface area contributed by atoms with Crippen molar-refractivity contribution in [2.75, 3.05) is 65.9 Å². The fraction of sp³-hybridized carbons (Fsp3) is 0.833. The standard InChI is InChI=1S/C18H34N2O7/c1-15(21)19-5-7-24-10-12-27-14-17(23)20-6-8-25-9-11-26-13-16(22)18(2,3)4/h5-14H2,1-4H3,(H,19,21)(H,20,23). The van der Waals surface area contributed by atoms with Gasteiger partial charge in [-0.15, -0.1) is 0 Å². The topological polar surface area (TPSA) is 112 Å². The minimum Gasteiger partial charge on any atom is -0.377 e. The van der Waals surface area contributed by atoms with Crippen LogP contribution in [0.15, 0.2) is 0 Å². The summed E-state index contributed by atoms with van der Waals surface area (Å²) in [5.74, 6) is -0.282. The number of ether oxygens (including phenoxy) is 4. The molecular weight excluding hydrogens is 356 g/mol. The number of nitrogens with one attached hydrogen (secondary N) is 2. The maximum absolute atomic E-state index is 11.6. The van der Waals surface area contributed by atoms with Crippen molar-refractivity contribution < 1.29 is 33.3 Å². The zero-order valence-corrected chi connectivity index (χ0v) is 16.9. The predicted molar refractivity (Wildman–Crippen MR) is 99.4 cm³/mol. The first-order chi connectivity index (χ1) is 12.7. The molecule has 0 aromatic rings. The van der Waals surface area contributed by atoms with Gasteiger partial charge < -0.3 is 29.6 Å². The van der Waals surface area contributed by atoms with Crippen LogP contribution >= 0.6 is 0 Å². The largest absolute Gasteiger partial charge is 0.377 e. The van der Waals surface area contributed by atoms with E-state index in [0.717, 1.165) is 0 Å². The van der Waals surface area contributed by atoms with Crippen LogP contribution in [0.1, 0.15) is 27.7 Å². The predicted octanol–water partition coefficient (Wildman–Crippen LogP) is -0.0797. The van der Waals surface area contributed by atoms with Gasteiger partial charge in [0.05, 0.1) is 39.6 Å². The lowest BCUT2D eigenvalue weighted by Gasteiger charge is -2.16. The summed E-state index contributed by atoms with van der Waals surface area (Å²) in [4.78, 5) is 33.8. The second-order valence-electron chi connectivity index (χ2n) is 6.84. The Morgan fingerprint density at radius 1 is 0.704 bits per heavy atom. The summed E-state index contributed by atoms with van der Waals surface area (Å²) >= 11 is 0. The van der Waals surface area contributed by atoms with Gasteiger partial charge in [-0.25, -0.2) is 0 Å². The summed E-state index contributed by atoms with van der Waals surface area (Å²) in [6.45, 7) is 9.96. The van der Waals surface area contributed by atoms with Crippen molar-refractivity contribution in [2.24, 2.45) is 5.41 Å². The van der Waals surface area contributed by atoms with E-state index in [1.54, 1.807) is 0 Å². The van der Waals surface area contributed by atoms with Crippen molar-refractivity contribution in [3.05, 3.63) is 0 Å². The van der Waals surface area contributed by atoms with Gasteiger partial charge in [0.1, 0.15) is 13.2 Å². The third-order valence-electron chi connectivity index (χ3n) is 3.24. The van der Waals surface area contributed by atoms with Gasteiger partial charge in [-0.1, -0.05) is 20.8 Å². The Bertz CT molecular complexity index is 436. The Balaban J connectivity index is 3.33. The molecule has 0 aromatic carbocycles. The normalized spacial score (nSPS) is 11.3. The number of rotatable bonds is 16. The Kier molecular flexibility index (Phi) is 14.6. The SMILES string of the molecule is CC(=O)NCCOCCOCC(=O)NCCOCCOCC(=O)C(C)(C)C. The molecule has 0 spiro atoms. The van der Waals surface area contributed by atoms with Crippen LogP contribution in [0.4, 0.5) is 0 Å². The van der Waals surface area contributed by atoms with Gasteiger partial charge in [-0.2, -0.15) is 0 Å². The van der Waals surface area contributed by atoms with E-state index in [2.05, 4.69) is 10.6 Å². The molecule has 0 atom stereocenters. The van der Waals surface area contributed by atoms with Gasteiger partial charge in [-0.05, 0) is 0 Å². The lowest BCUT2D eigenvalue weighted by atomic mass is 9.91. The Labute approximate surface area is 161 Å². The molecule has 2 amide bonds. The highest BCUT2D eigenvalue weighted by Crippen LogP contribution is 2.14. The van der Waals surface area contributed by atoms with Crippen LogP contribution in [0.5, 0.6) is 0 Å². The van der Waals surface area contributed by atoms with Gasteiger partial charge in [0.25, 0.3) is 0 Å². The van der Waals surface area contributed by atoms with Crippen LogP contribution in [0.25, 0.3) is 0 Å². The van der Waals surface area contributed by atoms with Crippen molar-refractivity contribution >= 4 is 17.6 Å². The highest BCUT2D eigenvalue weighted by Gasteiger charge is 2.20. The second kappa shape index (κ2) is 15.5. The molecule has 158 valence electrons. The van der Waals surface area contributed by atoms with Crippen LogP contribution in [0.2, 0.25) is 0 Å². The molecule has 0 aliphatic carbocycles. The molecule has 0 heterocycles. The monoisotopic (exact) mass is 390 g/mol. The smallest absolute Gasteiger partial charge is 0.246 e. The summed E-state index contributed by atoms with van der Waals surface area (Å²) in [5.41, 5.74) is -0.397. The van der Waals surface area contributed by atoms with Gasteiger partial charge in [0, 0.05) is 25.4 Å². The van der Waals surface area contributed by atoms with Crippen LogP contribution < -0.4 is 10.6 Å². The van der Waals surface area contributed by atoms with Crippen molar-refractivity contribution in [1.82, 2.24) is 10.6 Å². The van der Waals surface area contributed by atoms with Crippen molar-refractivity contribution in [1.29, 1.82) is 0 Å². The van der Waals surface area contributed by atoms with E-state index < -0.39 is 5.41 Å². The molecule has 0 unspecified atom stereocenters. The van der Waals surface area contributed by atoms with Crippen molar-refractivity contribution in [3.63, 3.8) is 0 Å². The van der Waals surface area contributed by atoms with Gasteiger partial charge in [0.2, 0.25) is 11.8 Å². The fourth-order valence-electron chi connectivity index (χ4n) is 1.60. The van der Waals surface area contributed by atoms with Crippen molar-refractivity contribution in [3.8, 4) is 0 Å². The summed E-state index contributed by atoms with van der Waals surface area (Å²) < 4.78 is 20.9. The summed E-state index contributed by atoms with van der Waals surface area (Å²) in [6, 6.07) is 0. The van der Waals surface area contributed by atoms with Crippen LogP contribution in [-0.4, -0.2) is 83.5 Å². The average molecular weight is 390 g/mol. The fourth-order valence-corrected chi connectivity index (χ4v) is 1.60. The number of amides is 2. The quantitative estimate of drug-likeness (QED) is 0.355. The molecular formula is C18H34N2O7. The number of carbonyl (C=O) groups is 3. The molecule has 9 nitrogen and oxygen atoms in total. The van der Waals surface area contributed by atoms with Crippen LogP contribution in [-0.2, 0) is 33.3 Å². The summed E-state index contributed by atoms with van der Waals surface area (Å²) in [5, 5.41) is 5.27. The van der Waals surface area contributed by atoms with E-state index in [1.165, 1.54) is 6.92 Å². The molecule has 9 heteroatoms. The second-order valence-corrected chi connectivity index (χ2v) is 6.84. The Hall–Kier alpha value is -1.55. The lowest BCUT2D eigenvalue weighted by molar-refractivity contribution is -0.131. The molecule has 2 N–H and O–H groups in total. The van der Waals surface area contributed by atoms with E-state index in [-0.39, 0.29) is 30.8 Å². The Morgan fingerprint density at radius 3 is 1.70 bits per heavy atom. The maximum atomic E-state index is 11.6. The average Bonchev–Trinajstić information content (AvgIpc) is 2.58. The Morgan fingerprint density at radius 2 is 1.19 bits per heavy atom. The molecule has 0 saturated heterocycles. The molecule has 0 bridgehead atoms. The lowest BCUT2D eigenvalue weighted by Crippen LogP contribution is -2.31. The minimum absolute atomic E-state index is 0.0485. The molecule has 0 saturated carbocycles. The van der Waals surface area contributed by atoms with E-state index in [0.29, 0.717) is 52.7 Å². The maximum Gasteiger partial charge on any atom is 0.246 e. The number of ketones is 1. The third-order valence-corrected chi connectivity index (χ3v) is 3.24. The molecule has 0 radical (unpaired) electrons. The van der Waals surface area contributed by atoms with Gasteiger partial charge in [-0.3, -0.25) is 14.4 Å². The number of carbonyl (C=O) groups excluding carboxylic acids is 3. The van der Waals surface area contributed by atoms with E-state index in [1.807, 2.05) is 20.8 Å². The first kappa shape index (κ1) is 25.4.